The van der Waals surface area contributed by atoms with E-state index in [0.717, 1.165) is 32.1 Å². The first-order valence-corrected chi connectivity index (χ1v) is 26.1. The highest BCUT2D eigenvalue weighted by molar-refractivity contribution is 7.47. The van der Waals surface area contributed by atoms with Crippen molar-refractivity contribution in [1.29, 1.82) is 0 Å². The van der Waals surface area contributed by atoms with E-state index in [-0.39, 0.29) is 32.1 Å². The normalized spacial score (nSPS) is 31.9. The van der Waals surface area contributed by atoms with E-state index in [1.807, 2.05) is 19.1 Å². The first-order chi connectivity index (χ1) is 32.0. The summed E-state index contributed by atoms with van der Waals surface area (Å²) < 4.78 is 34.5. The fourth-order valence-electron chi connectivity index (χ4n) is 8.01. The van der Waals surface area contributed by atoms with Crippen LogP contribution in [0.3, 0.4) is 0 Å². The van der Waals surface area contributed by atoms with Gasteiger partial charge in [-0.3, -0.25) is 23.4 Å². The zero-order valence-corrected chi connectivity index (χ0v) is 40.7. The van der Waals surface area contributed by atoms with Crippen LogP contribution in [0.15, 0.2) is 48.6 Å². The Morgan fingerprint density at radius 2 is 1.34 bits per heavy atom. The highest BCUT2D eigenvalue weighted by Gasteiger charge is 2.49. The van der Waals surface area contributed by atoms with Crippen LogP contribution in [-0.4, -0.2) is 138 Å². The van der Waals surface area contributed by atoms with Crippen molar-refractivity contribution in [3.05, 3.63) is 48.6 Å². The van der Waals surface area contributed by atoms with Crippen LogP contribution in [-0.2, 0) is 37.5 Å². The van der Waals surface area contributed by atoms with Gasteiger partial charge in [-0.15, -0.1) is 0 Å². The third kappa shape index (κ3) is 25.2. The number of ether oxygens (including phenoxy) is 2. The van der Waals surface area contributed by atoms with E-state index < -0.39 is 124 Å². The number of hydrogen-bond donors (Lipinski definition) is 9. The van der Waals surface area contributed by atoms with Gasteiger partial charge in [0.25, 0.3) is 0 Å². The molecule has 2 rings (SSSR count). The molecule has 18 heteroatoms. The molecule has 0 aromatic rings. The molecule has 13 atom stereocenters. The molecule has 1 aliphatic carbocycles. The Balaban J connectivity index is 2.17. The van der Waals surface area contributed by atoms with Crippen molar-refractivity contribution in [2.45, 2.75) is 216 Å². The zero-order chi connectivity index (χ0) is 49.6. The summed E-state index contributed by atoms with van der Waals surface area (Å²) in [5, 5.41) is 89.9. The van der Waals surface area contributed by atoms with E-state index in [2.05, 4.69) is 31.2 Å². The van der Waals surface area contributed by atoms with E-state index in [1.165, 1.54) is 50.7 Å². The molecule has 2 fully saturated rings. The van der Waals surface area contributed by atoms with Crippen LogP contribution >= 0.6 is 7.82 Å². The molecular weight excluding hydrogens is 891 g/mol. The molecule has 0 radical (unpaired) electrons. The summed E-state index contributed by atoms with van der Waals surface area (Å²) in [6, 6.07) is 0. The quantitative estimate of drug-likeness (QED) is 0.0264. The first kappa shape index (κ1) is 60.5. The molecule has 17 nitrogen and oxygen atoms in total. The van der Waals surface area contributed by atoms with Gasteiger partial charge in [-0.25, -0.2) is 4.57 Å². The van der Waals surface area contributed by atoms with E-state index in [0.29, 0.717) is 25.7 Å². The summed E-state index contributed by atoms with van der Waals surface area (Å²) in [5.41, 5.74) is 0. The average Bonchev–Trinajstić information content (AvgIpc) is 3.29. The molecule has 386 valence electrons. The van der Waals surface area contributed by atoms with Crippen molar-refractivity contribution in [3.63, 3.8) is 0 Å². The van der Waals surface area contributed by atoms with Gasteiger partial charge in [-0.1, -0.05) is 114 Å². The number of carbonyl (C=O) groups excluding carboxylic acids is 3. The summed E-state index contributed by atoms with van der Waals surface area (Å²) in [4.78, 5) is 49.6. The maximum absolute atomic E-state index is 13.5. The summed E-state index contributed by atoms with van der Waals surface area (Å²) in [6.07, 6.45) is 7.69. The number of cyclic esters (lactones) is 1. The Hall–Kier alpha value is -2.64. The van der Waals surface area contributed by atoms with E-state index >= 15 is 0 Å². The predicted molar refractivity (Wildman–Crippen MR) is 251 cm³/mol. The number of ketones is 1. The van der Waals surface area contributed by atoms with Gasteiger partial charge in [0.05, 0.1) is 37.1 Å². The Morgan fingerprint density at radius 3 is 2.03 bits per heavy atom. The van der Waals surface area contributed by atoms with Crippen LogP contribution in [0.5, 0.6) is 0 Å². The minimum atomic E-state index is -5.50. The van der Waals surface area contributed by atoms with E-state index in [9.17, 15) is 64.7 Å². The lowest BCUT2D eigenvalue weighted by Gasteiger charge is -2.37. The van der Waals surface area contributed by atoms with Crippen LogP contribution in [0.4, 0.5) is 0 Å². The van der Waals surface area contributed by atoms with Gasteiger partial charge in [0.15, 0.2) is 6.10 Å². The van der Waals surface area contributed by atoms with Crippen LogP contribution in [0.25, 0.3) is 0 Å². The molecule has 1 aliphatic heterocycles. The molecule has 1 unspecified atom stereocenters. The Morgan fingerprint density at radius 1 is 0.746 bits per heavy atom. The second kappa shape index (κ2) is 34.6. The number of aliphatic hydroxyl groups is 8. The number of Topliss-reactive ketones (excluding diaryl/α,β-unsaturated/α-hetero) is 1. The van der Waals surface area contributed by atoms with Crippen LogP contribution in [0.2, 0.25) is 0 Å². The molecule has 0 amide bonds. The molecule has 67 heavy (non-hydrogen) atoms. The van der Waals surface area contributed by atoms with Gasteiger partial charge in [0.1, 0.15) is 36.8 Å². The zero-order valence-electron chi connectivity index (χ0n) is 39.8. The number of unbranched alkanes of at least 4 members (excludes halogenated alkanes) is 9. The molecule has 0 aromatic heterocycles. The third-order valence-electron chi connectivity index (χ3n) is 12.1. The van der Waals surface area contributed by atoms with Gasteiger partial charge >= 0.3 is 19.8 Å². The topological polar surface area (TPSA) is 287 Å². The van der Waals surface area contributed by atoms with Crippen molar-refractivity contribution < 1.29 is 83.2 Å². The molecule has 2 bridgehead atoms. The average molecular weight is 975 g/mol. The second-order valence-electron chi connectivity index (χ2n) is 17.9. The number of fused-ring (bicyclic) bond motifs is 4. The van der Waals surface area contributed by atoms with Crippen molar-refractivity contribution in [2.75, 3.05) is 13.2 Å². The van der Waals surface area contributed by atoms with Gasteiger partial charge in [-0.2, -0.15) is 0 Å². The minimum Gasteiger partial charge on any atom is -0.462 e. The van der Waals surface area contributed by atoms with Gasteiger partial charge < -0.3 is 55.2 Å². The second-order valence-corrected chi connectivity index (χ2v) is 19.3. The lowest BCUT2D eigenvalue weighted by molar-refractivity contribution is -0.168. The molecular formula is C49H83O17P. The van der Waals surface area contributed by atoms with Crippen molar-refractivity contribution in [3.8, 4) is 0 Å². The van der Waals surface area contributed by atoms with Crippen LogP contribution in [0, 0.1) is 11.8 Å². The molecule has 0 spiro atoms. The van der Waals surface area contributed by atoms with E-state index in [4.69, 9.17) is 18.5 Å². The number of rotatable bonds is 23. The minimum absolute atomic E-state index is 0.00920. The summed E-state index contributed by atoms with van der Waals surface area (Å²) >= 11 is 0. The number of carbonyl (C=O) groups is 3. The largest absolute Gasteiger partial charge is 0.472 e. The number of esters is 2. The van der Waals surface area contributed by atoms with Crippen LogP contribution in [0.1, 0.15) is 155 Å². The maximum Gasteiger partial charge on any atom is 0.472 e. The van der Waals surface area contributed by atoms with Crippen molar-refractivity contribution >= 4 is 25.5 Å². The highest BCUT2D eigenvalue weighted by atomic mass is 31.2. The van der Waals surface area contributed by atoms with Gasteiger partial charge in [-0.05, 0) is 57.8 Å². The highest BCUT2D eigenvalue weighted by Crippen LogP contribution is 2.47. The Labute approximate surface area is 397 Å². The smallest absolute Gasteiger partial charge is 0.462 e. The number of phosphoric ester groups is 1. The fourth-order valence-corrected chi connectivity index (χ4v) is 8.98. The number of aliphatic hydroxyl groups excluding tert-OH is 8. The number of allylic oxidation sites excluding steroid dienone is 6. The van der Waals surface area contributed by atoms with E-state index in [1.54, 1.807) is 0 Å². The summed E-state index contributed by atoms with van der Waals surface area (Å²) in [5.74, 6) is -5.08. The lowest BCUT2D eigenvalue weighted by atomic mass is 9.82. The monoisotopic (exact) mass is 975 g/mol. The molecule has 2 aliphatic rings. The van der Waals surface area contributed by atoms with Crippen LogP contribution < -0.4 is 0 Å². The Kier molecular flexibility index (Phi) is 31.3. The molecule has 1 heterocycles. The first-order valence-electron chi connectivity index (χ1n) is 24.6. The maximum atomic E-state index is 13.5. The summed E-state index contributed by atoms with van der Waals surface area (Å²) in [7, 11) is -5.50. The summed E-state index contributed by atoms with van der Waals surface area (Å²) in [6.45, 7) is 2.67. The molecule has 0 aromatic carbocycles. The fraction of sp³-hybridized carbons (Fsp3) is 0.776. The van der Waals surface area contributed by atoms with Gasteiger partial charge in [0, 0.05) is 43.9 Å². The van der Waals surface area contributed by atoms with Crippen molar-refractivity contribution in [2.24, 2.45) is 11.8 Å². The number of phosphoric acid groups is 1. The molecule has 1 saturated carbocycles. The molecule has 1 saturated heterocycles. The number of hydrogen-bond acceptors (Lipinski definition) is 16. The predicted octanol–water partition coefficient (Wildman–Crippen LogP) is 5.51. The van der Waals surface area contributed by atoms with Crippen molar-refractivity contribution in [1.82, 2.24) is 0 Å². The standard InChI is InChI=1S/C49H83O17P/c1-3-5-7-8-9-10-11-12-13-14-15-16-17-18-19-20-22-27-42(54)63-33-37-34-64-67(61,62)66-49-47(59)44(56)38(30-29-35(50)25-21-6-4-2)40(52)32-41(53)39(45(57)46(58)48(49)60)31-36(51)26-23-24-28-43(55)65-37/h12-13,15-16,18-19,29-30,35,37-41,44-50,52-53,56-60H,3-11,14,17,20-28,31-34H2,1-2H3,(H,61,62)/b13-12-,16-15-,19-18-,30-29+/t35-,37+,38-,39-,40+,41-,44+,45+,46-,47+,48+,49+/m0/s1. The lowest BCUT2D eigenvalue weighted by Crippen LogP contribution is -2.56. The Bertz CT molecular complexity index is 1550. The SMILES string of the molecule is CCCCCCCC/C=C\C/C=C\C/C=C\CCCC(=O)OC[C@@H]1COP(=O)(O)O[C@H]2[C@H](O)[C@@H](O)[C@H](O)[C@@H](CC(=O)CCCCC(=O)O1)[C@@H](O)C[C@@H](O)[C@H](/C=C/[C@@H](O)CCCCC)[C@@H](O)[C@H]2O. The molecule has 9 N–H and O–H groups in total. The van der Waals surface area contributed by atoms with Gasteiger partial charge in [0.2, 0.25) is 0 Å². The third-order valence-corrected chi connectivity index (χ3v) is 13.1.